The zero-order valence-electron chi connectivity index (χ0n) is 10.5. The third-order valence-corrected chi connectivity index (χ3v) is 2.51. The predicted molar refractivity (Wildman–Crippen MR) is 82.7 cm³/mol. The van der Waals surface area contributed by atoms with Crippen molar-refractivity contribution in [2.75, 3.05) is 46.7 Å². The molecule has 0 bridgehead atoms. The van der Waals surface area contributed by atoms with E-state index < -0.39 is 0 Å². The average molecular weight is 345 g/mol. The van der Waals surface area contributed by atoms with Crippen LogP contribution in [-0.2, 0) is 0 Å². The zero-order chi connectivity index (χ0) is 11.0. The summed E-state index contributed by atoms with van der Waals surface area (Å²) in [6.07, 6.45) is 4.60. The normalized spacial score (nSPS) is 9.13. The fourth-order valence-electron chi connectivity index (χ4n) is 1.22. The van der Waals surface area contributed by atoms with Gasteiger partial charge in [0.2, 0.25) is 0 Å². The molecular weight excluding hydrogens is 321 g/mol. The lowest BCUT2D eigenvalue weighted by molar-refractivity contribution is 0.479. The van der Waals surface area contributed by atoms with E-state index in [1.807, 2.05) is 40.0 Å². The van der Waals surface area contributed by atoms with E-state index >= 15 is 0 Å². The molecule has 15 heavy (non-hydrogen) atoms. The topological polar surface area (TPSA) is 18.8 Å². The quantitative estimate of drug-likeness (QED) is 0.330. The lowest BCUT2D eigenvalue weighted by Gasteiger charge is -2.22. The molecule has 0 amide bonds. The number of thioether (sulfide) groups is 1. The molecule has 0 aromatic carbocycles. The molecule has 0 radical (unpaired) electrons. The summed E-state index contributed by atoms with van der Waals surface area (Å²) in [7, 11) is 8.11. The van der Waals surface area contributed by atoms with Gasteiger partial charge < -0.3 is 9.80 Å². The highest BCUT2D eigenvalue weighted by molar-refractivity contribution is 14.0. The molecule has 0 aliphatic carbocycles. The number of halogens is 1. The van der Waals surface area contributed by atoms with Crippen molar-refractivity contribution in [3.63, 3.8) is 0 Å². The van der Waals surface area contributed by atoms with Gasteiger partial charge in [0.15, 0.2) is 5.96 Å². The Labute approximate surface area is 116 Å². The average Bonchev–Trinajstić information content (AvgIpc) is 2.09. The van der Waals surface area contributed by atoms with Crippen LogP contribution in [0.4, 0.5) is 0 Å². The van der Waals surface area contributed by atoms with E-state index in [4.69, 9.17) is 0 Å². The van der Waals surface area contributed by atoms with E-state index in [1.165, 1.54) is 18.6 Å². The molecule has 0 aromatic heterocycles. The molecule has 0 heterocycles. The number of guanidine groups is 1. The van der Waals surface area contributed by atoms with Crippen molar-refractivity contribution in [1.82, 2.24) is 9.80 Å². The van der Waals surface area contributed by atoms with Gasteiger partial charge in [-0.1, -0.05) is 0 Å². The third kappa shape index (κ3) is 9.29. The van der Waals surface area contributed by atoms with Crippen LogP contribution in [0, 0.1) is 0 Å². The number of nitrogens with zero attached hydrogens (tertiary/aromatic N) is 3. The molecule has 0 rings (SSSR count). The van der Waals surface area contributed by atoms with Gasteiger partial charge >= 0.3 is 0 Å². The Morgan fingerprint density at radius 3 is 2.00 bits per heavy atom. The maximum absolute atomic E-state index is 4.55. The molecular formula is C10H24IN3S. The molecule has 0 saturated carbocycles. The van der Waals surface area contributed by atoms with Gasteiger partial charge in [-0.25, -0.2) is 0 Å². The van der Waals surface area contributed by atoms with Gasteiger partial charge in [0.1, 0.15) is 0 Å². The third-order valence-electron chi connectivity index (χ3n) is 1.81. The zero-order valence-corrected chi connectivity index (χ0v) is 13.6. The Morgan fingerprint density at radius 1 is 1.07 bits per heavy atom. The second kappa shape index (κ2) is 10.9. The first kappa shape index (κ1) is 17.7. The molecule has 0 N–H and O–H groups in total. The van der Waals surface area contributed by atoms with E-state index in [0.29, 0.717) is 0 Å². The van der Waals surface area contributed by atoms with Crippen LogP contribution in [0.1, 0.15) is 12.8 Å². The molecule has 0 atom stereocenters. The van der Waals surface area contributed by atoms with Gasteiger partial charge in [-0.05, 0) is 24.9 Å². The molecule has 92 valence electrons. The molecule has 0 unspecified atom stereocenters. The summed E-state index contributed by atoms with van der Waals surface area (Å²) in [5.41, 5.74) is 0. The molecule has 0 fully saturated rings. The fourth-order valence-corrected chi connectivity index (χ4v) is 1.71. The first-order valence-corrected chi connectivity index (χ1v) is 6.37. The summed E-state index contributed by atoms with van der Waals surface area (Å²) in [5, 5.41) is 0. The highest BCUT2D eigenvalue weighted by Gasteiger charge is 2.02. The van der Waals surface area contributed by atoms with Gasteiger partial charge in [0.25, 0.3) is 0 Å². The van der Waals surface area contributed by atoms with Crippen molar-refractivity contribution in [3.05, 3.63) is 0 Å². The Balaban J connectivity index is 0. The van der Waals surface area contributed by atoms with Crippen molar-refractivity contribution >= 4 is 41.7 Å². The van der Waals surface area contributed by atoms with Crippen molar-refractivity contribution in [2.24, 2.45) is 4.99 Å². The minimum Gasteiger partial charge on any atom is -0.349 e. The summed E-state index contributed by atoms with van der Waals surface area (Å²) >= 11 is 1.90. The fraction of sp³-hybridized carbons (Fsp3) is 0.900. The van der Waals surface area contributed by atoms with Crippen LogP contribution >= 0.6 is 35.7 Å². The second-order valence-electron chi connectivity index (χ2n) is 3.67. The summed E-state index contributed by atoms with van der Waals surface area (Å²) in [4.78, 5) is 8.65. The summed E-state index contributed by atoms with van der Waals surface area (Å²) in [5.74, 6) is 2.29. The summed E-state index contributed by atoms with van der Waals surface area (Å²) in [6, 6.07) is 0. The molecule has 0 aliphatic rings. The van der Waals surface area contributed by atoms with E-state index in [2.05, 4.69) is 21.0 Å². The SMILES string of the molecule is CSCCCCN=C(N(C)C)N(C)C.I. The largest absolute Gasteiger partial charge is 0.349 e. The minimum absolute atomic E-state index is 0. The highest BCUT2D eigenvalue weighted by Crippen LogP contribution is 2.00. The number of rotatable bonds is 5. The van der Waals surface area contributed by atoms with Crippen molar-refractivity contribution in [3.8, 4) is 0 Å². The van der Waals surface area contributed by atoms with Crippen molar-refractivity contribution < 1.29 is 0 Å². The smallest absolute Gasteiger partial charge is 0.195 e. The molecule has 0 spiro atoms. The molecule has 0 aromatic rings. The lowest BCUT2D eigenvalue weighted by atomic mass is 10.3. The Hall–Kier alpha value is 0.350. The lowest BCUT2D eigenvalue weighted by Crippen LogP contribution is -2.35. The number of hydrogen-bond acceptors (Lipinski definition) is 2. The van der Waals surface area contributed by atoms with Crippen LogP contribution in [-0.4, -0.2) is 62.5 Å². The van der Waals surface area contributed by atoms with Crippen LogP contribution in [0.5, 0.6) is 0 Å². The van der Waals surface area contributed by atoms with Crippen LogP contribution in [0.15, 0.2) is 4.99 Å². The molecule has 0 aliphatic heterocycles. The molecule has 5 heteroatoms. The van der Waals surface area contributed by atoms with E-state index in [-0.39, 0.29) is 24.0 Å². The maximum atomic E-state index is 4.55. The monoisotopic (exact) mass is 345 g/mol. The van der Waals surface area contributed by atoms with Crippen LogP contribution in [0.25, 0.3) is 0 Å². The number of unbranched alkanes of at least 4 members (excludes halogenated alkanes) is 1. The second-order valence-corrected chi connectivity index (χ2v) is 4.66. The van der Waals surface area contributed by atoms with E-state index in [1.54, 1.807) is 0 Å². The van der Waals surface area contributed by atoms with Gasteiger partial charge in [-0.3, -0.25) is 4.99 Å². The van der Waals surface area contributed by atoms with Gasteiger partial charge in [-0.2, -0.15) is 11.8 Å². The van der Waals surface area contributed by atoms with Crippen molar-refractivity contribution in [2.45, 2.75) is 12.8 Å². The van der Waals surface area contributed by atoms with Crippen LogP contribution in [0.3, 0.4) is 0 Å². The van der Waals surface area contributed by atoms with Gasteiger partial charge in [0, 0.05) is 34.7 Å². The first-order chi connectivity index (χ1) is 6.59. The van der Waals surface area contributed by atoms with Crippen LogP contribution in [0.2, 0.25) is 0 Å². The standard InChI is InChI=1S/C10H23N3S.HI/c1-12(2)10(13(3)4)11-8-6-7-9-14-5;/h6-9H2,1-5H3;1H. The maximum Gasteiger partial charge on any atom is 0.195 e. The first-order valence-electron chi connectivity index (χ1n) is 4.97. The molecule has 3 nitrogen and oxygen atoms in total. The van der Waals surface area contributed by atoms with Gasteiger partial charge in [0.05, 0.1) is 0 Å². The van der Waals surface area contributed by atoms with Gasteiger partial charge in [-0.15, -0.1) is 24.0 Å². The number of hydrogen-bond donors (Lipinski definition) is 0. The van der Waals surface area contributed by atoms with Crippen molar-refractivity contribution in [1.29, 1.82) is 0 Å². The minimum atomic E-state index is 0. The Kier molecular flexibility index (Phi) is 12.8. The summed E-state index contributed by atoms with van der Waals surface area (Å²) in [6.45, 7) is 0.937. The summed E-state index contributed by atoms with van der Waals surface area (Å²) < 4.78 is 0. The Morgan fingerprint density at radius 2 is 1.60 bits per heavy atom. The molecule has 0 saturated heterocycles. The van der Waals surface area contributed by atoms with E-state index in [0.717, 1.165) is 12.5 Å². The number of aliphatic imine (C=N–C) groups is 1. The predicted octanol–water partition coefficient (Wildman–Crippen LogP) is 2.23. The van der Waals surface area contributed by atoms with E-state index in [9.17, 15) is 0 Å². The Bertz CT molecular complexity index is 162. The van der Waals surface area contributed by atoms with Crippen LogP contribution < -0.4 is 0 Å². The highest BCUT2D eigenvalue weighted by atomic mass is 127.